The maximum Gasteiger partial charge on any atom is 0.106 e. The van der Waals surface area contributed by atoms with Crippen molar-refractivity contribution in [3.05, 3.63) is 203 Å². The van der Waals surface area contributed by atoms with Gasteiger partial charge < -0.3 is 14.5 Å². The van der Waals surface area contributed by atoms with Gasteiger partial charge in [0, 0.05) is 34.6 Å². The van der Waals surface area contributed by atoms with Crippen LogP contribution in [0.4, 0.5) is 22.7 Å². The average molecular weight is 635 g/mol. The van der Waals surface area contributed by atoms with Crippen LogP contribution in [0.3, 0.4) is 0 Å². The van der Waals surface area contributed by atoms with Crippen LogP contribution in [0.1, 0.15) is 45.2 Å². The predicted molar refractivity (Wildman–Crippen MR) is 203 cm³/mol. The molecule has 4 unspecified atom stereocenters. The highest BCUT2D eigenvalue weighted by atomic mass is 16.5. The quantitative estimate of drug-likeness (QED) is 0.181. The van der Waals surface area contributed by atoms with Crippen LogP contribution in [0.2, 0.25) is 0 Å². The summed E-state index contributed by atoms with van der Waals surface area (Å²) >= 11 is 0. The van der Waals surface area contributed by atoms with Gasteiger partial charge in [-0.15, -0.1) is 0 Å². The predicted octanol–water partition coefficient (Wildman–Crippen LogP) is 11.3. The van der Waals surface area contributed by atoms with Crippen molar-refractivity contribution in [2.24, 2.45) is 0 Å². The van der Waals surface area contributed by atoms with Gasteiger partial charge in [0.25, 0.3) is 0 Å². The molecule has 4 atom stereocenters. The summed E-state index contributed by atoms with van der Waals surface area (Å²) in [4.78, 5) is 4.82. The first-order valence-corrected chi connectivity index (χ1v) is 17.2. The van der Waals surface area contributed by atoms with E-state index in [0.717, 1.165) is 34.1 Å². The van der Waals surface area contributed by atoms with Crippen LogP contribution in [0.5, 0.6) is 0 Å². The highest BCUT2D eigenvalue weighted by Gasteiger charge is 2.54. The fraction of sp³-hybridized carbons (Fsp3) is 0.130. The van der Waals surface area contributed by atoms with Gasteiger partial charge in [0.2, 0.25) is 0 Å². The van der Waals surface area contributed by atoms with Crippen molar-refractivity contribution in [2.75, 3.05) is 9.80 Å². The van der Waals surface area contributed by atoms with Gasteiger partial charge in [-0.1, -0.05) is 120 Å². The molecular weight excluding hydrogens is 597 g/mol. The molecule has 1 fully saturated rings. The Morgan fingerprint density at radius 3 is 1.14 bits per heavy atom. The summed E-state index contributed by atoms with van der Waals surface area (Å²) in [5.74, 6) is 0.219. The Morgan fingerprint density at radius 2 is 0.735 bits per heavy atom. The van der Waals surface area contributed by atoms with Crippen molar-refractivity contribution < 1.29 is 4.74 Å². The summed E-state index contributed by atoms with van der Waals surface area (Å²) in [6, 6.07) is 57.1. The lowest BCUT2D eigenvalue weighted by atomic mass is 9.70. The second-order valence-corrected chi connectivity index (χ2v) is 13.4. The Kier molecular flexibility index (Phi) is 7.29. The maximum absolute atomic E-state index is 7.58. The molecule has 3 nitrogen and oxygen atoms in total. The molecule has 0 N–H and O–H groups in total. The first kappa shape index (κ1) is 29.5. The average Bonchev–Trinajstić information content (AvgIpc) is 3.56. The Balaban J connectivity index is 1.26. The zero-order valence-corrected chi connectivity index (χ0v) is 27.8. The van der Waals surface area contributed by atoms with E-state index < -0.39 is 0 Å². The van der Waals surface area contributed by atoms with Crippen LogP contribution in [0, 0.1) is 13.8 Å². The van der Waals surface area contributed by atoms with E-state index in [1.807, 2.05) is 0 Å². The molecule has 238 valence electrons. The van der Waals surface area contributed by atoms with Gasteiger partial charge in [-0.05, 0) is 96.8 Å². The molecule has 9 rings (SSSR count). The third kappa shape index (κ3) is 5.10. The minimum absolute atomic E-state index is 0.110. The van der Waals surface area contributed by atoms with Crippen molar-refractivity contribution in [3.63, 3.8) is 0 Å². The van der Waals surface area contributed by atoms with Crippen LogP contribution in [0.15, 0.2) is 169 Å². The number of aryl methyl sites for hydroxylation is 2. The van der Waals surface area contributed by atoms with Crippen molar-refractivity contribution >= 4 is 34.9 Å². The summed E-state index contributed by atoms with van der Waals surface area (Å²) in [5.41, 5.74) is 14.5. The Morgan fingerprint density at radius 1 is 0.388 bits per heavy atom. The first-order chi connectivity index (χ1) is 24.1. The number of para-hydroxylation sites is 2. The number of hydrogen-bond acceptors (Lipinski definition) is 3. The molecule has 0 aromatic heterocycles. The first-order valence-electron chi connectivity index (χ1n) is 17.2. The van der Waals surface area contributed by atoms with Crippen molar-refractivity contribution in [3.8, 4) is 0 Å². The lowest BCUT2D eigenvalue weighted by Gasteiger charge is -2.38. The molecule has 49 heavy (non-hydrogen) atoms. The van der Waals surface area contributed by atoms with Gasteiger partial charge >= 0.3 is 0 Å². The largest absolute Gasteiger partial charge is 0.361 e. The number of benzene rings is 6. The Labute approximate surface area is 289 Å². The van der Waals surface area contributed by atoms with Crippen molar-refractivity contribution in [2.45, 2.75) is 37.9 Å². The number of hydrogen-bond donors (Lipinski definition) is 0. The second-order valence-electron chi connectivity index (χ2n) is 13.4. The van der Waals surface area contributed by atoms with Crippen LogP contribution < -0.4 is 9.80 Å². The topological polar surface area (TPSA) is 15.7 Å². The molecule has 6 aromatic rings. The lowest BCUT2D eigenvalue weighted by molar-refractivity contribution is 0.0778. The molecule has 0 radical (unpaired) electrons. The van der Waals surface area contributed by atoms with Gasteiger partial charge in [0.15, 0.2) is 0 Å². The maximum atomic E-state index is 7.58. The zero-order chi connectivity index (χ0) is 32.9. The van der Waals surface area contributed by atoms with E-state index in [4.69, 9.17) is 4.74 Å². The molecule has 0 amide bonds. The van der Waals surface area contributed by atoms with Crippen LogP contribution >= 0.6 is 0 Å². The van der Waals surface area contributed by atoms with E-state index in [1.54, 1.807) is 0 Å². The van der Waals surface area contributed by atoms with Gasteiger partial charge in [-0.2, -0.15) is 0 Å². The van der Waals surface area contributed by atoms with E-state index in [-0.39, 0.29) is 24.0 Å². The van der Waals surface area contributed by atoms with E-state index in [1.165, 1.54) is 33.4 Å². The highest BCUT2D eigenvalue weighted by Crippen LogP contribution is 2.58. The van der Waals surface area contributed by atoms with Gasteiger partial charge in [-0.3, -0.25) is 0 Å². The normalized spacial score (nSPS) is 20.2. The summed E-state index contributed by atoms with van der Waals surface area (Å²) in [6.45, 7) is 4.29. The monoisotopic (exact) mass is 634 g/mol. The molecule has 6 aromatic carbocycles. The third-order valence-electron chi connectivity index (χ3n) is 10.4. The van der Waals surface area contributed by atoms with E-state index >= 15 is 0 Å². The number of rotatable bonds is 6. The second kappa shape index (κ2) is 12.1. The third-order valence-corrected chi connectivity index (χ3v) is 10.4. The zero-order valence-electron chi connectivity index (χ0n) is 27.8. The minimum atomic E-state index is -0.184. The van der Waals surface area contributed by atoms with Crippen LogP contribution in [-0.4, -0.2) is 12.2 Å². The molecule has 0 spiro atoms. The number of ether oxygens (including phenoxy) is 1. The summed E-state index contributed by atoms with van der Waals surface area (Å²) in [6.07, 6.45) is 4.36. The summed E-state index contributed by atoms with van der Waals surface area (Å²) in [5, 5.41) is 0. The molecule has 3 heteroatoms. The molecule has 1 saturated heterocycles. The molecule has 0 bridgehead atoms. The van der Waals surface area contributed by atoms with Crippen LogP contribution in [-0.2, 0) is 4.74 Å². The van der Waals surface area contributed by atoms with Gasteiger partial charge in [0.1, 0.15) is 12.2 Å². The minimum Gasteiger partial charge on any atom is -0.361 e. The fourth-order valence-electron chi connectivity index (χ4n) is 8.12. The summed E-state index contributed by atoms with van der Waals surface area (Å²) < 4.78 is 7.58. The molecule has 0 saturated carbocycles. The van der Waals surface area contributed by atoms with E-state index in [2.05, 4.69) is 194 Å². The smallest absolute Gasteiger partial charge is 0.106 e. The number of nitrogens with zero attached hydrogens (tertiary/aromatic N) is 2. The Hall–Kier alpha value is -5.64. The number of fused-ring (bicyclic) bond motifs is 7. The molecule has 2 aliphatic carbocycles. The standard InChI is InChI=1S/C46H38N2O/c1-31-21-25-37(26-22-31)47(35-15-5-3-6-16-35)41-29-33-13-9-11-19-39(33)43-44-40-20-12-10-14-34(40)30-42(46(44)49-45(41)43)48(36-17-7-4-8-18-36)38-27-23-32(2)24-28-38/h3-30,43-46H,1-2H3. The highest BCUT2D eigenvalue weighted by molar-refractivity contribution is 5.80. The van der Waals surface area contributed by atoms with Gasteiger partial charge in [0.05, 0.1) is 11.4 Å². The van der Waals surface area contributed by atoms with Crippen LogP contribution in [0.25, 0.3) is 12.2 Å². The molecule has 1 heterocycles. The van der Waals surface area contributed by atoms with E-state index in [9.17, 15) is 0 Å². The molecule has 1 aliphatic heterocycles. The SMILES string of the molecule is Cc1ccc(N(C2=Cc3ccccc3C3C2OC2C(N(c4ccccc4)c4ccc(C)cc4)=Cc4ccccc4C23)c2ccccc2)cc1. The Bertz CT molecular complexity index is 2030. The van der Waals surface area contributed by atoms with E-state index in [0.29, 0.717) is 0 Å². The lowest BCUT2D eigenvalue weighted by Crippen LogP contribution is -2.33. The molecular formula is C46H38N2O. The van der Waals surface area contributed by atoms with Gasteiger partial charge in [-0.25, -0.2) is 0 Å². The molecule has 3 aliphatic rings. The van der Waals surface area contributed by atoms with Crippen molar-refractivity contribution in [1.29, 1.82) is 0 Å². The van der Waals surface area contributed by atoms with Crippen molar-refractivity contribution in [1.82, 2.24) is 0 Å². The fourth-order valence-corrected chi connectivity index (χ4v) is 8.12. The summed E-state index contributed by atoms with van der Waals surface area (Å²) in [7, 11) is 0. The number of anilines is 4.